The van der Waals surface area contributed by atoms with Gasteiger partial charge in [-0.1, -0.05) is 13.8 Å². The number of benzene rings is 1. The summed E-state index contributed by atoms with van der Waals surface area (Å²) in [6.45, 7) is 6.31. The van der Waals surface area contributed by atoms with Gasteiger partial charge in [-0.05, 0) is 37.6 Å². The SMILES string of the molecule is CCN(C(C)(CC)CN)S(=O)(=O)c1ccc(OC)cc1. The number of sulfonamides is 1. The third kappa shape index (κ3) is 3.13. The van der Waals surface area contributed by atoms with E-state index in [1.807, 2.05) is 20.8 Å². The van der Waals surface area contributed by atoms with Crippen molar-refractivity contribution in [2.75, 3.05) is 20.2 Å². The third-order valence-corrected chi connectivity index (χ3v) is 5.89. The van der Waals surface area contributed by atoms with Crippen LogP contribution >= 0.6 is 0 Å². The first kappa shape index (κ1) is 16.9. The lowest BCUT2D eigenvalue weighted by molar-refractivity contribution is 0.214. The summed E-state index contributed by atoms with van der Waals surface area (Å²) >= 11 is 0. The van der Waals surface area contributed by atoms with E-state index in [4.69, 9.17) is 10.5 Å². The molecule has 0 heterocycles. The van der Waals surface area contributed by atoms with Crippen molar-refractivity contribution in [2.45, 2.75) is 37.6 Å². The summed E-state index contributed by atoms with van der Waals surface area (Å²) in [5.74, 6) is 0.629. The van der Waals surface area contributed by atoms with Crippen LogP contribution in [0.5, 0.6) is 5.75 Å². The minimum absolute atomic E-state index is 0.258. The summed E-state index contributed by atoms with van der Waals surface area (Å²) in [5, 5.41) is 0. The summed E-state index contributed by atoms with van der Waals surface area (Å²) in [6.07, 6.45) is 0.659. The normalized spacial score (nSPS) is 15.1. The van der Waals surface area contributed by atoms with Gasteiger partial charge in [0.05, 0.1) is 12.0 Å². The molecule has 5 nitrogen and oxygen atoms in total. The monoisotopic (exact) mass is 300 g/mol. The molecule has 1 aromatic rings. The van der Waals surface area contributed by atoms with E-state index >= 15 is 0 Å². The zero-order valence-electron chi connectivity index (χ0n) is 12.6. The fourth-order valence-corrected chi connectivity index (χ4v) is 4.00. The molecular weight excluding hydrogens is 276 g/mol. The molecule has 0 aliphatic heterocycles. The van der Waals surface area contributed by atoms with E-state index in [1.54, 1.807) is 31.4 Å². The maximum Gasteiger partial charge on any atom is 0.243 e. The van der Waals surface area contributed by atoms with Gasteiger partial charge in [-0.3, -0.25) is 0 Å². The van der Waals surface area contributed by atoms with Crippen LogP contribution in [0.15, 0.2) is 29.2 Å². The van der Waals surface area contributed by atoms with Gasteiger partial charge in [0.1, 0.15) is 5.75 Å². The Morgan fingerprint density at radius 3 is 2.15 bits per heavy atom. The average molecular weight is 300 g/mol. The van der Waals surface area contributed by atoms with Crippen LogP contribution in [0.1, 0.15) is 27.2 Å². The quantitative estimate of drug-likeness (QED) is 0.834. The van der Waals surface area contributed by atoms with Crippen LogP contribution in [0.25, 0.3) is 0 Å². The van der Waals surface area contributed by atoms with E-state index in [9.17, 15) is 8.42 Å². The molecule has 0 amide bonds. The minimum Gasteiger partial charge on any atom is -0.497 e. The van der Waals surface area contributed by atoms with Crippen molar-refractivity contribution < 1.29 is 13.2 Å². The Morgan fingerprint density at radius 1 is 1.25 bits per heavy atom. The van der Waals surface area contributed by atoms with E-state index in [0.717, 1.165) is 0 Å². The third-order valence-electron chi connectivity index (χ3n) is 3.74. The second kappa shape index (κ2) is 6.56. The molecule has 2 N–H and O–H groups in total. The molecular formula is C14H24N2O3S. The number of ether oxygens (including phenoxy) is 1. The molecule has 1 rings (SSSR count). The van der Waals surface area contributed by atoms with E-state index in [-0.39, 0.29) is 11.4 Å². The number of hydrogen-bond donors (Lipinski definition) is 1. The number of methoxy groups -OCH3 is 1. The standard InChI is InChI=1S/C14H24N2O3S/c1-5-14(3,11-15)16(6-2)20(17,18)13-9-7-12(19-4)8-10-13/h7-10H,5-6,11,15H2,1-4H3. The van der Waals surface area contributed by atoms with E-state index in [0.29, 0.717) is 18.7 Å². The van der Waals surface area contributed by atoms with E-state index in [1.165, 1.54) is 4.31 Å². The fraction of sp³-hybridized carbons (Fsp3) is 0.571. The van der Waals surface area contributed by atoms with Gasteiger partial charge >= 0.3 is 0 Å². The van der Waals surface area contributed by atoms with Crippen molar-refractivity contribution in [2.24, 2.45) is 5.73 Å². The topological polar surface area (TPSA) is 72.6 Å². The second-order valence-electron chi connectivity index (χ2n) is 4.90. The molecule has 1 unspecified atom stereocenters. The molecule has 0 aliphatic rings. The first-order valence-electron chi connectivity index (χ1n) is 6.72. The summed E-state index contributed by atoms with van der Waals surface area (Å²) in [7, 11) is -2.01. The lowest BCUT2D eigenvalue weighted by atomic mass is 9.99. The van der Waals surface area contributed by atoms with Gasteiger partial charge in [-0.2, -0.15) is 4.31 Å². The number of likely N-dealkylation sites (N-methyl/N-ethyl adjacent to an activating group) is 1. The maximum absolute atomic E-state index is 12.8. The Morgan fingerprint density at radius 2 is 1.80 bits per heavy atom. The van der Waals surface area contributed by atoms with Gasteiger partial charge in [0.25, 0.3) is 0 Å². The second-order valence-corrected chi connectivity index (χ2v) is 6.76. The average Bonchev–Trinajstić information content (AvgIpc) is 2.47. The lowest BCUT2D eigenvalue weighted by Crippen LogP contribution is -2.53. The number of hydrogen-bond acceptors (Lipinski definition) is 4. The Labute approximate surface area is 121 Å². The molecule has 0 spiro atoms. The van der Waals surface area contributed by atoms with Crippen molar-refractivity contribution in [1.82, 2.24) is 4.31 Å². The van der Waals surface area contributed by atoms with Crippen LogP contribution < -0.4 is 10.5 Å². The van der Waals surface area contributed by atoms with Crippen molar-refractivity contribution in [3.8, 4) is 5.75 Å². The molecule has 20 heavy (non-hydrogen) atoms. The van der Waals surface area contributed by atoms with E-state index in [2.05, 4.69) is 0 Å². The van der Waals surface area contributed by atoms with Gasteiger partial charge in [0, 0.05) is 18.6 Å². The minimum atomic E-state index is -3.56. The molecule has 0 saturated heterocycles. The summed E-state index contributed by atoms with van der Waals surface area (Å²) in [6, 6.07) is 6.41. The smallest absolute Gasteiger partial charge is 0.243 e. The highest BCUT2D eigenvalue weighted by Crippen LogP contribution is 2.27. The van der Waals surface area contributed by atoms with Crippen LogP contribution in [0.2, 0.25) is 0 Å². The summed E-state index contributed by atoms with van der Waals surface area (Å²) in [5.41, 5.74) is 5.21. The van der Waals surface area contributed by atoms with Crippen LogP contribution in [0, 0.1) is 0 Å². The largest absolute Gasteiger partial charge is 0.497 e. The summed E-state index contributed by atoms with van der Waals surface area (Å²) in [4.78, 5) is 0.258. The van der Waals surface area contributed by atoms with Gasteiger partial charge in [-0.25, -0.2) is 8.42 Å². The van der Waals surface area contributed by atoms with Crippen LogP contribution in [0.4, 0.5) is 0 Å². The van der Waals surface area contributed by atoms with Gasteiger partial charge in [-0.15, -0.1) is 0 Å². The zero-order valence-corrected chi connectivity index (χ0v) is 13.4. The Bertz CT molecular complexity index is 522. The summed E-state index contributed by atoms with van der Waals surface area (Å²) < 4.78 is 32.0. The van der Waals surface area contributed by atoms with Crippen LogP contribution in [-0.4, -0.2) is 38.5 Å². The predicted molar refractivity (Wildman–Crippen MR) is 80.3 cm³/mol. The molecule has 1 atom stereocenters. The zero-order chi connectivity index (χ0) is 15.4. The molecule has 0 saturated carbocycles. The Balaban J connectivity index is 3.24. The number of nitrogens with two attached hydrogens (primary N) is 1. The van der Waals surface area contributed by atoms with Gasteiger partial charge in [0.15, 0.2) is 0 Å². The molecule has 0 aliphatic carbocycles. The molecule has 114 valence electrons. The molecule has 0 aromatic heterocycles. The van der Waals surface area contributed by atoms with E-state index < -0.39 is 15.6 Å². The highest BCUT2D eigenvalue weighted by Gasteiger charge is 2.37. The Kier molecular flexibility index (Phi) is 5.56. The Hall–Kier alpha value is -1.11. The highest BCUT2D eigenvalue weighted by atomic mass is 32.2. The van der Waals surface area contributed by atoms with Crippen molar-refractivity contribution in [1.29, 1.82) is 0 Å². The maximum atomic E-state index is 12.8. The van der Waals surface area contributed by atoms with Crippen molar-refractivity contribution >= 4 is 10.0 Å². The van der Waals surface area contributed by atoms with Crippen molar-refractivity contribution in [3.63, 3.8) is 0 Å². The first-order chi connectivity index (χ1) is 9.35. The lowest BCUT2D eigenvalue weighted by Gasteiger charge is -2.38. The number of nitrogens with zero attached hydrogens (tertiary/aromatic N) is 1. The first-order valence-corrected chi connectivity index (χ1v) is 8.16. The van der Waals surface area contributed by atoms with Gasteiger partial charge < -0.3 is 10.5 Å². The number of rotatable bonds is 7. The van der Waals surface area contributed by atoms with Crippen molar-refractivity contribution in [3.05, 3.63) is 24.3 Å². The molecule has 1 aromatic carbocycles. The molecule has 6 heteroatoms. The molecule has 0 bridgehead atoms. The highest BCUT2D eigenvalue weighted by molar-refractivity contribution is 7.89. The molecule has 0 fully saturated rings. The van der Waals surface area contributed by atoms with Crippen LogP contribution in [0.3, 0.4) is 0 Å². The fourth-order valence-electron chi connectivity index (χ4n) is 2.14. The van der Waals surface area contributed by atoms with Gasteiger partial charge in [0.2, 0.25) is 10.0 Å². The molecule has 0 radical (unpaired) electrons. The predicted octanol–water partition coefficient (Wildman–Crippen LogP) is 1.83. The van der Waals surface area contributed by atoms with Crippen LogP contribution in [-0.2, 0) is 10.0 Å².